The van der Waals surface area contributed by atoms with Crippen LogP contribution in [0.1, 0.15) is 44.4 Å². The van der Waals surface area contributed by atoms with E-state index in [1.54, 1.807) is 6.07 Å². The lowest BCUT2D eigenvalue weighted by atomic mass is 9.77. The first-order valence-electron chi connectivity index (χ1n) is 9.16. The third kappa shape index (κ3) is 3.96. The van der Waals surface area contributed by atoms with Crippen LogP contribution in [0.25, 0.3) is 10.9 Å². The van der Waals surface area contributed by atoms with Gasteiger partial charge in [-0.2, -0.15) is 0 Å². The molecular formula is C21H29FN2O. The minimum atomic E-state index is -0.194. The summed E-state index contributed by atoms with van der Waals surface area (Å²) in [5, 5.41) is 11.0. The number of aromatic nitrogens is 1. The first kappa shape index (κ1) is 18.2. The maximum atomic E-state index is 13.5. The van der Waals surface area contributed by atoms with Gasteiger partial charge in [-0.25, -0.2) is 4.39 Å². The number of piperidine rings is 1. The highest BCUT2D eigenvalue weighted by molar-refractivity contribution is 5.84. The summed E-state index contributed by atoms with van der Waals surface area (Å²) in [5.41, 5.74) is 4.53. The van der Waals surface area contributed by atoms with Crippen LogP contribution in [0.15, 0.2) is 29.8 Å². The van der Waals surface area contributed by atoms with Gasteiger partial charge in [0.25, 0.3) is 0 Å². The molecule has 0 aliphatic carbocycles. The van der Waals surface area contributed by atoms with Crippen molar-refractivity contribution in [2.24, 2.45) is 5.41 Å². The molecule has 1 aliphatic heterocycles. The van der Waals surface area contributed by atoms with Gasteiger partial charge in [0, 0.05) is 35.1 Å². The average Bonchev–Trinajstić information content (AvgIpc) is 2.89. The van der Waals surface area contributed by atoms with Gasteiger partial charge in [0.15, 0.2) is 0 Å². The molecular weight excluding hydrogens is 315 g/mol. The molecule has 1 aromatic carbocycles. The minimum absolute atomic E-state index is 0.0401. The van der Waals surface area contributed by atoms with Gasteiger partial charge in [-0.1, -0.05) is 11.6 Å². The van der Waals surface area contributed by atoms with E-state index in [1.165, 1.54) is 11.6 Å². The van der Waals surface area contributed by atoms with Gasteiger partial charge < -0.3 is 10.1 Å². The van der Waals surface area contributed by atoms with E-state index in [0.29, 0.717) is 0 Å². The first-order chi connectivity index (χ1) is 11.9. The summed E-state index contributed by atoms with van der Waals surface area (Å²) in [7, 11) is 0. The van der Waals surface area contributed by atoms with E-state index < -0.39 is 0 Å². The van der Waals surface area contributed by atoms with Gasteiger partial charge >= 0.3 is 0 Å². The first-order valence-corrected chi connectivity index (χ1v) is 9.16. The van der Waals surface area contributed by atoms with E-state index in [-0.39, 0.29) is 17.8 Å². The number of aryl methyl sites for hydroxylation is 1. The van der Waals surface area contributed by atoms with Crippen LogP contribution in [0.5, 0.6) is 0 Å². The number of fused-ring (bicyclic) bond motifs is 1. The summed E-state index contributed by atoms with van der Waals surface area (Å²) in [6.45, 7) is 9.26. The number of aromatic amines is 1. The molecule has 3 nitrogen and oxygen atoms in total. The minimum Gasteiger partial charge on any atom is -0.396 e. The fourth-order valence-corrected chi connectivity index (χ4v) is 3.96. The van der Waals surface area contributed by atoms with Crippen LogP contribution in [-0.2, 0) is 6.54 Å². The van der Waals surface area contributed by atoms with Crippen LogP contribution in [-0.4, -0.2) is 34.7 Å². The lowest BCUT2D eigenvalue weighted by Crippen LogP contribution is -2.44. The van der Waals surface area contributed by atoms with Crippen molar-refractivity contribution in [1.82, 2.24) is 9.88 Å². The van der Waals surface area contributed by atoms with Gasteiger partial charge in [0.05, 0.1) is 6.61 Å². The zero-order valence-electron chi connectivity index (χ0n) is 15.5. The number of halogens is 1. The van der Waals surface area contributed by atoms with Crippen molar-refractivity contribution in [3.63, 3.8) is 0 Å². The summed E-state index contributed by atoms with van der Waals surface area (Å²) in [4.78, 5) is 5.87. The molecule has 1 aliphatic rings. The molecule has 2 aromatic rings. The lowest BCUT2D eigenvalue weighted by molar-refractivity contribution is 0.0302. The number of likely N-dealkylation sites (tertiary alicyclic amines) is 1. The second kappa shape index (κ2) is 7.30. The Labute approximate surface area is 149 Å². The number of aliphatic hydroxyl groups excluding tert-OH is 1. The predicted molar refractivity (Wildman–Crippen MR) is 101 cm³/mol. The maximum absolute atomic E-state index is 13.5. The summed E-state index contributed by atoms with van der Waals surface area (Å²) >= 11 is 0. The van der Waals surface area contributed by atoms with Crippen molar-refractivity contribution in [1.29, 1.82) is 0 Å². The fourth-order valence-electron chi connectivity index (χ4n) is 3.96. The predicted octanol–water partition coefficient (Wildman–Crippen LogP) is 4.55. The normalized spacial score (nSPS) is 21.6. The van der Waals surface area contributed by atoms with Gasteiger partial charge in [0.2, 0.25) is 0 Å². The third-order valence-electron chi connectivity index (χ3n) is 5.52. The number of aliphatic hydroxyl groups is 1. The van der Waals surface area contributed by atoms with Crippen LogP contribution in [0.4, 0.5) is 4.39 Å². The van der Waals surface area contributed by atoms with Crippen molar-refractivity contribution >= 4 is 10.9 Å². The Balaban J connectivity index is 1.78. The summed E-state index contributed by atoms with van der Waals surface area (Å²) in [6.07, 6.45) is 5.35. The standard InChI is InChI=1S/C21H29FN2O/c1-15(2)7-9-21(14-25)8-4-10-24(13-21)12-20-16(3)18-11-17(22)5-6-19(18)23-20/h5-7,11,23,25H,4,8-10,12-14H2,1-3H3. The monoisotopic (exact) mass is 344 g/mol. The van der Waals surface area contributed by atoms with Gasteiger partial charge in [-0.15, -0.1) is 0 Å². The largest absolute Gasteiger partial charge is 0.396 e. The Bertz CT molecular complexity index is 776. The quantitative estimate of drug-likeness (QED) is 0.781. The molecule has 2 N–H and O–H groups in total. The highest BCUT2D eigenvalue weighted by Gasteiger charge is 2.34. The molecule has 0 bridgehead atoms. The smallest absolute Gasteiger partial charge is 0.123 e. The lowest BCUT2D eigenvalue weighted by Gasteiger charge is -2.41. The molecule has 4 heteroatoms. The van der Waals surface area contributed by atoms with Crippen molar-refractivity contribution in [2.45, 2.75) is 46.6 Å². The number of H-pyrrole nitrogens is 1. The zero-order chi connectivity index (χ0) is 18.0. The second-order valence-corrected chi connectivity index (χ2v) is 7.88. The zero-order valence-corrected chi connectivity index (χ0v) is 15.5. The van der Waals surface area contributed by atoms with Gasteiger partial charge in [0.1, 0.15) is 5.82 Å². The number of nitrogens with zero attached hydrogens (tertiary/aromatic N) is 1. The molecule has 2 heterocycles. The van der Waals surface area contributed by atoms with Crippen molar-refractivity contribution in [3.05, 3.63) is 46.9 Å². The fraction of sp³-hybridized carbons (Fsp3) is 0.524. The maximum Gasteiger partial charge on any atom is 0.123 e. The molecule has 1 saturated heterocycles. The number of rotatable bonds is 5. The Morgan fingerprint density at radius 2 is 2.20 bits per heavy atom. The SMILES string of the molecule is CC(C)=CCC1(CO)CCCN(Cc2[nH]c3ccc(F)cc3c2C)C1. The van der Waals surface area contributed by atoms with E-state index >= 15 is 0 Å². The molecule has 0 spiro atoms. The van der Waals surface area contributed by atoms with E-state index in [1.807, 2.05) is 6.07 Å². The Kier molecular flexibility index (Phi) is 5.30. The summed E-state index contributed by atoms with van der Waals surface area (Å²) in [6, 6.07) is 4.91. The van der Waals surface area contributed by atoms with E-state index in [4.69, 9.17) is 0 Å². The van der Waals surface area contributed by atoms with Crippen LogP contribution in [0, 0.1) is 18.2 Å². The van der Waals surface area contributed by atoms with Crippen LogP contribution >= 0.6 is 0 Å². The Morgan fingerprint density at radius 3 is 2.92 bits per heavy atom. The number of benzene rings is 1. The molecule has 25 heavy (non-hydrogen) atoms. The van der Waals surface area contributed by atoms with Gasteiger partial charge in [-0.05, 0) is 70.3 Å². The number of allylic oxidation sites excluding steroid dienone is 2. The molecule has 136 valence electrons. The molecule has 3 rings (SSSR count). The molecule has 1 unspecified atom stereocenters. The van der Waals surface area contributed by atoms with E-state index in [9.17, 15) is 9.50 Å². The van der Waals surface area contributed by atoms with Gasteiger partial charge in [-0.3, -0.25) is 4.90 Å². The summed E-state index contributed by atoms with van der Waals surface area (Å²) in [5.74, 6) is -0.194. The van der Waals surface area contributed by atoms with Crippen LogP contribution < -0.4 is 0 Å². The van der Waals surface area contributed by atoms with Crippen molar-refractivity contribution in [2.75, 3.05) is 19.7 Å². The van der Waals surface area contributed by atoms with E-state index in [0.717, 1.165) is 61.1 Å². The van der Waals surface area contributed by atoms with Crippen LogP contribution in [0.3, 0.4) is 0 Å². The number of nitrogens with one attached hydrogen (secondary N) is 1. The molecule has 1 aromatic heterocycles. The van der Waals surface area contributed by atoms with Crippen molar-refractivity contribution in [3.8, 4) is 0 Å². The molecule has 1 fully saturated rings. The number of hydrogen-bond acceptors (Lipinski definition) is 2. The molecule has 1 atom stereocenters. The Morgan fingerprint density at radius 1 is 1.40 bits per heavy atom. The average molecular weight is 344 g/mol. The molecule has 0 amide bonds. The highest BCUT2D eigenvalue weighted by atomic mass is 19.1. The molecule has 0 radical (unpaired) electrons. The Hall–Kier alpha value is -1.65. The summed E-state index contributed by atoms with van der Waals surface area (Å²) < 4.78 is 13.5. The van der Waals surface area contributed by atoms with Crippen molar-refractivity contribution < 1.29 is 9.50 Å². The second-order valence-electron chi connectivity index (χ2n) is 7.88. The third-order valence-corrected chi connectivity index (χ3v) is 5.52. The van der Waals surface area contributed by atoms with Crippen LogP contribution in [0.2, 0.25) is 0 Å². The topological polar surface area (TPSA) is 39.3 Å². The van der Waals surface area contributed by atoms with E-state index in [2.05, 4.69) is 36.7 Å². The highest BCUT2D eigenvalue weighted by Crippen LogP contribution is 2.35. The number of hydrogen-bond donors (Lipinski definition) is 2. The molecule has 0 saturated carbocycles.